The van der Waals surface area contributed by atoms with Crippen molar-refractivity contribution in [1.82, 2.24) is 9.88 Å². The minimum atomic E-state index is -0.680. The Morgan fingerprint density at radius 3 is 2.73 bits per heavy atom. The summed E-state index contributed by atoms with van der Waals surface area (Å²) in [6, 6.07) is 7.76. The van der Waals surface area contributed by atoms with E-state index in [0.29, 0.717) is 23.2 Å². The van der Waals surface area contributed by atoms with Gasteiger partial charge in [-0.15, -0.1) is 0 Å². The number of fused-ring (bicyclic) bond motifs is 1. The predicted molar refractivity (Wildman–Crippen MR) is 100 cm³/mol. The van der Waals surface area contributed by atoms with Gasteiger partial charge in [-0.2, -0.15) is 0 Å². The van der Waals surface area contributed by atoms with Gasteiger partial charge >= 0.3 is 5.88 Å². The summed E-state index contributed by atoms with van der Waals surface area (Å²) in [5, 5.41) is 11.9. The van der Waals surface area contributed by atoms with Gasteiger partial charge in [0.2, 0.25) is 0 Å². The van der Waals surface area contributed by atoms with Gasteiger partial charge in [0.05, 0.1) is 16.3 Å². The Kier molecular flexibility index (Phi) is 5.21. The number of aromatic nitrogens is 1. The van der Waals surface area contributed by atoms with E-state index < -0.39 is 16.7 Å². The third-order valence-electron chi connectivity index (χ3n) is 3.57. The maximum atomic E-state index is 12.9. The fraction of sp³-hybridized carbons (Fsp3) is 0.250. The first-order valence-corrected chi connectivity index (χ1v) is 8.81. The Hall–Kier alpha value is -2.49. The van der Waals surface area contributed by atoms with Crippen molar-refractivity contribution in [2.75, 3.05) is 32.1 Å². The van der Waals surface area contributed by atoms with Crippen LogP contribution in [0.2, 0.25) is 5.02 Å². The second-order valence-electron chi connectivity index (χ2n) is 5.76. The van der Waals surface area contributed by atoms with E-state index in [0.717, 1.165) is 16.3 Å². The fourth-order valence-electron chi connectivity index (χ4n) is 2.26. The van der Waals surface area contributed by atoms with Gasteiger partial charge in [-0.25, -0.2) is 4.98 Å². The highest BCUT2D eigenvalue weighted by Gasteiger charge is 2.26. The van der Waals surface area contributed by atoms with Crippen molar-refractivity contribution in [2.45, 2.75) is 0 Å². The van der Waals surface area contributed by atoms with Crippen molar-refractivity contribution >= 4 is 50.1 Å². The lowest BCUT2D eigenvalue weighted by Gasteiger charge is -2.20. The summed E-state index contributed by atoms with van der Waals surface area (Å²) in [5.41, 5.74) is 0.725. The Labute approximate surface area is 157 Å². The van der Waals surface area contributed by atoms with Gasteiger partial charge in [0.15, 0.2) is 10.9 Å². The molecule has 0 aliphatic heterocycles. The molecular formula is C16H15ClN4O4S. The number of anilines is 1. The number of hydrogen-bond acceptors (Lipinski definition) is 7. The average molecular weight is 395 g/mol. The SMILES string of the molecule is CN(C)CCN(C(=O)c1ccc([N+](=O)[O-])o1)c1nc2ccc(Cl)cc2s1. The largest absolute Gasteiger partial charge is 0.433 e. The number of hydrogen-bond donors (Lipinski definition) is 0. The highest BCUT2D eigenvalue weighted by atomic mass is 35.5. The zero-order valence-corrected chi connectivity index (χ0v) is 15.6. The van der Waals surface area contributed by atoms with Crippen molar-refractivity contribution in [3.63, 3.8) is 0 Å². The van der Waals surface area contributed by atoms with Crippen LogP contribution in [0.1, 0.15) is 10.6 Å². The number of amides is 1. The first-order valence-electron chi connectivity index (χ1n) is 7.62. The summed E-state index contributed by atoms with van der Waals surface area (Å²) < 4.78 is 5.91. The van der Waals surface area contributed by atoms with Gasteiger partial charge in [0.25, 0.3) is 5.91 Å². The molecule has 0 spiro atoms. The normalized spacial score (nSPS) is 11.2. The van der Waals surface area contributed by atoms with Crippen LogP contribution < -0.4 is 4.90 Å². The van der Waals surface area contributed by atoms with Crippen molar-refractivity contribution < 1.29 is 14.1 Å². The van der Waals surface area contributed by atoms with Crippen LogP contribution in [0.3, 0.4) is 0 Å². The lowest BCUT2D eigenvalue weighted by Crippen LogP contribution is -2.36. The molecule has 0 bridgehead atoms. The molecule has 0 N–H and O–H groups in total. The van der Waals surface area contributed by atoms with Crippen LogP contribution in [0, 0.1) is 10.1 Å². The number of furan rings is 1. The second-order valence-corrected chi connectivity index (χ2v) is 7.21. The number of likely N-dealkylation sites (N-methyl/N-ethyl adjacent to an activating group) is 1. The number of halogens is 1. The van der Waals surface area contributed by atoms with E-state index in [1.165, 1.54) is 22.3 Å². The van der Waals surface area contributed by atoms with Crippen LogP contribution in [0.15, 0.2) is 34.7 Å². The van der Waals surface area contributed by atoms with Gasteiger partial charge in [0, 0.05) is 18.1 Å². The molecule has 26 heavy (non-hydrogen) atoms. The summed E-state index contributed by atoms with van der Waals surface area (Å²) in [7, 11) is 3.77. The molecular weight excluding hydrogens is 380 g/mol. The fourth-order valence-corrected chi connectivity index (χ4v) is 3.53. The molecule has 8 nitrogen and oxygen atoms in total. The monoisotopic (exact) mass is 394 g/mol. The summed E-state index contributed by atoms with van der Waals surface area (Å²) in [6.07, 6.45) is 0. The van der Waals surface area contributed by atoms with Gasteiger partial charge < -0.3 is 9.32 Å². The van der Waals surface area contributed by atoms with E-state index >= 15 is 0 Å². The van der Waals surface area contributed by atoms with Crippen LogP contribution in [-0.4, -0.2) is 47.9 Å². The first kappa shape index (κ1) is 18.3. The Balaban J connectivity index is 1.97. The van der Waals surface area contributed by atoms with Crippen LogP contribution >= 0.6 is 22.9 Å². The molecule has 3 rings (SSSR count). The molecule has 2 aromatic heterocycles. The molecule has 0 unspecified atom stereocenters. The molecule has 136 valence electrons. The predicted octanol–water partition coefficient (Wildman–Crippen LogP) is 3.66. The molecule has 1 amide bonds. The zero-order chi connectivity index (χ0) is 18.8. The maximum absolute atomic E-state index is 12.9. The second kappa shape index (κ2) is 7.40. The smallest absolute Gasteiger partial charge is 0.395 e. The molecule has 0 fully saturated rings. The molecule has 0 aliphatic carbocycles. The minimum absolute atomic E-state index is 0.104. The van der Waals surface area contributed by atoms with Gasteiger partial charge in [-0.1, -0.05) is 22.9 Å². The molecule has 2 heterocycles. The summed E-state index contributed by atoms with van der Waals surface area (Å²) in [5.74, 6) is -1.06. The van der Waals surface area contributed by atoms with Crippen LogP contribution in [-0.2, 0) is 0 Å². The third kappa shape index (κ3) is 3.85. The van der Waals surface area contributed by atoms with E-state index in [1.807, 2.05) is 19.0 Å². The number of thiazole rings is 1. The van der Waals surface area contributed by atoms with E-state index in [9.17, 15) is 14.9 Å². The first-order chi connectivity index (χ1) is 12.3. The van der Waals surface area contributed by atoms with Crippen molar-refractivity contribution in [3.8, 4) is 0 Å². The van der Waals surface area contributed by atoms with Crippen molar-refractivity contribution in [2.24, 2.45) is 0 Å². The van der Waals surface area contributed by atoms with E-state index in [-0.39, 0.29) is 5.76 Å². The molecule has 10 heteroatoms. The van der Waals surface area contributed by atoms with E-state index in [2.05, 4.69) is 4.98 Å². The topological polar surface area (TPSA) is 92.7 Å². The standard InChI is InChI=1S/C16H15ClN4O4S/c1-19(2)7-8-20(15(22)12-5-6-14(25-12)21(23)24)16-18-11-4-3-10(17)9-13(11)26-16/h3-6,9H,7-8H2,1-2H3. The van der Waals surface area contributed by atoms with Crippen LogP contribution in [0.5, 0.6) is 0 Å². The van der Waals surface area contributed by atoms with Crippen LogP contribution in [0.4, 0.5) is 11.0 Å². The number of nitro groups is 1. The Bertz CT molecular complexity index is 968. The molecule has 0 atom stereocenters. The molecule has 3 aromatic rings. The lowest BCUT2D eigenvalue weighted by molar-refractivity contribution is -0.402. The third-order valence-corrected chi connectivity index (χ3v) is 4.84. The molecule has 0 aliphatic rings. The Morgan fingerprint density at radius 1 is 1.31 bits per heavy atom. The highest BCUT2D eigenvalue weighted by molar-refractivity contribution is 7.22. The zero-order valence-electron chi connectivity index (χ0n) is 14.0. The lowest BCUT2D eigenvalue weighted by atomic mass is 10.3. The van der Waals surface area contributed by atoms with Gasteiger partial charge in [-0.05, 0) is 38.4 Å². The summed E-state index contributed by atoms with van der Waals surface area (Å²) in [4.78, 5) is 30.9. The number of rotatable bonds is 6. The molecule has 0 saturated heterocycles. The molecule has 0 radical (unpaired) electrons. The average Bonchev–Trinajstić information content (AvgIpc) is 3.20. The quantitative estimate of drug-likeness (QED) is 0.468. The summed E-state index contributed by atoms with van der Waals surface area (Å²) in [6.45, 7) is 0.944. The van der Waals surface area contributed by atoms with Crippen molar-refractivity contribution in [3.05, 3.63) is 51.2 Å². The number of carbonyl (C=O) groups is 1. The number of carbonyl (C=O) groups excluding carboxylic acids is 1. The molecule has 1 aromatic carbocycles. The van der Waals surface area contributed by atoms with Crippen molar-refractivity contribution in [1.29, 1.82) is 0 Å². The van der Waals surface area contributed by atoms with Gasteiger partial charge in [0.1, 0.15) is 4.92 Å². The molecule has 0 saturated carbocycles. The Morgan fingerprint density at radius 2 is 2.08 bits per heavy atom. The van der Waals surface area contributed by atoms with E-state index in [4.69, 9.17) is 16.0 Å². The van der Waals surface area contributed by atoms with Crippen LogP contribution in [0.25, 0.3) is 10.2 Å². The minimum Gasteiger partial charge on any atom is -0.395 e. The van der Waals surface area contributed by atoms with E-state index in [1.54, 1.807) is 18.2 Å². The summed E-state index contributed by atoms with van der Waals surface area (Å²) >= 11 is 7.34. The number of nitrogens with zero attached hydrogens (tertiary/aromatic N) is 4. The highest BCUT2D eigenvalue weighted by Crippen LogP contribution is 2.32. The number of benzene rings is 1. The van der Waals surface area contributed by atoms with Gasteiger partial charge in [-0.3, -0.25) is 19.8 Å². The maximum Gasteiger partial charge on any atom is 0.433 e.